The van der Waals surface area contributed by atoms with Crippen molar-refractivity contribution < 1.29 is 14.3 Å². The van der Waals surface area contributed by atoms with E-state index in [1.54, 1.807) is 42.7 Å². The van der Waals surface area contributed by atoms with Gasteiger partial charge in [-0.3, -0.25) is 9.59 Å². The minimum Gasteiger partial charge on any atom is -0.488 e. The Morgan fingerprint density at radius 2 is 1.92 bits per heavy atom. The van der Waals surface area contributed by atoms with Crippen LogP contribution in [0.4, 0.5) is 0 Å². The highest BCUT2D eigenvalue weighted by Gasteiger charge is 2.35. The molecule has 1 fully saturated rings. The average molecular weight is 552 g/mol. The number of ether oxygens (including phenoxy) is 2. The predicted octanol–water partition coefficient (Wildman–Crippen LogP) is 3.55. The molecule has 1 aliphatic rings. The first kappa shape index (κ1) is 26.2. The van der Waals surface area contributed by atoms with E-state index in [2.05, 4.69) is 32.5 Å². The molecule has 0 aliphatic carbocycles. The van der Waals surface area contributed by atoms with Gasteiger partial charge in [-0.15, -0.1) is 11.3 Å². The average Bonchev–Trinajstić information content (AvgIpc) is 3.65. The molecule has 9 nitrogen and oxygen atoms in total. The lowest BCUT2D eigenvalue weighted by Crippen LogP contribution is -2.39. The number of likely N-dealkylation sites (N-methyl/N-ethyl adjacent to an activating group) is 1. The standard InChI is InChI=1S/C27H29N5O4S2/c1-32-14-20(26-30-31-27(34)38-26)22(15-32)28-24(33)17-8-10-19(11-9-17)36-16-23-21(12-13-35-2)29-25(37-23)18-6-4-3-5-7-18/h3-11,20,22H,12-16H2,1-2H3,(H,28,33)(H,31,34)/t20-,22+/m0/s1. The molecule has 1 saturated heterocycles. The lowest BCUT2D eigenvalue weighted by molar-refractivity contribution is 0.0935. The maximum atomic E-state index is 13.0. The quantitative estimate of drug-likeness (QED) is 0.310. The fraction of sp³-hybridized carbons (Fsp3) is 0.333. The van der Waals surface area contributed by atoms with E-state index in [0.29, 0.717) is 37.5 Å². The molecule has 0 spiro atoms. The van der Waals surface area contributed by atoms with Crippen LogP contribution >= 0.6 is 22.7 Å². The summed E-state index contributed by atoms with van der Waals surface area (Å²) in [7, 11) is 3.68. The fourth-order valence-electron chi connectivity index (χ4n) is 4.49. The van der Waals surface area contributed by atoms with Crippen molar-refractivity contribution in [3.63, 3.8) is 0 Å². The van der Waals surface area contributed by atoms with Gasteiger partial charge in [0.05, 0.1) is 23.2 Å². The Hall–Kier alpha value is -3.38. The number of thiazole rings is 1. The van der Waals surface area contributed by atoms with Crippen LogP contribution in [0.2, 0.25) is 0 Å². The van der Waals surface area contributed by atoms with Gasteiger partial charge in [-0.2, -0.15) is 5.10 Å². The van der Waals surface area contributed by atoms with E-state index < -0.39 is 0 Å². The maximum absolute atomic E-state index is 13.0. The molecule has 0 bridgehead atoms. The molecule has 1 amide bonds. The van der Waals surface area contributed by atoms with Crippen LogP contribution in [0.5, 0.6) is 5.75 Å². The molecule has 0 unspecified atom stereocenters. The molecule has 38 heavy (non-hydrogen) atoms. The van der Waals surface area contributed by atoms with Crippen LogP contribution in [0.15, 0.2) is 59.4 Å². The Labute approximate surface area is 228 Å². The van der Waals surface area contributed by atoms with Crippen molar-refractivity contribution in [3.8, 4) is 16.3 Å². The minimum absolute atomic E-state index is 0.0250. The van der Waals surface area contributed by atoms with Gasteiger partial charge in [0.15, 0.2) is 0 Å². The zero-order chi connectivity index (χ0) is 26.5. The van der Waals surface area contributed by atoms with Gasteiger partial charge in [0.25, 0.3) is 5.91 Å². The van der Waals surface area contributed by atoms with Crippen molar-refractivity contribution in [2.24, 2.45) is 0 Å². The van der Waals surface area contributed by atoms with Crippen LogP contribution in [0.25, 0.3) is 10.6 Å². The number of hydrogen-bond acceptors (Lipinski definition) is 9. The van der Waals surface area contributed by atoms with E-state index >= 15 is 0 Å². The Morgan fingerprint density at radius 3 is 2.63 bits per heavy atom. The van der Waals surface area contributed by atoms with Crippen LogP contribution in [0, 0.1) is 0 Å². The molecular weight excluding hydrogens is 522 g/mol. The smallest absolute Gasteiger partial charge is 0.322 e. The number of carbonyl (C=O) groups is 1. The molecule has 5 rings (SSSR count). The molecule has 3 heterocycles. The second-order valence-corrected chi connectivity index (χ2v) is 11.2. The topological polar surface area (TPSA) is 109 Å². The highest BCUT2D eigenvalue weighted by Crippen LogP contribution is 2.30. The van der Waals surface area contributed by atoms with Crippen molar-refractivity contribution in [3.05, 3.63) is 85.4 Å². The summed E-state index contributed by atoms with van der Waals surface area (Å²) in [6.07, 6.45) is 0.712. The summed E-state index contributed by atoms with van der Waals surface area (Å²) in [6, 6.07) is 17.1. The first-order valence-electron chi connectivity index (χ1n) is 12.3. The largest absolute Gasteiger partial charge is 0.488 e. The Morgan fingerprint density at radius 1 is 1.13 bits per heavy atom. The number of H-pyrrole nitrogens is 1. The molecular formula is C27H29N5O4S2. The van der Waals surface area contributed by atoms with E-state index in [0.717, 1.165) is 44.0 Å². The van der Waals surface area contributed by atoms with Crippen LogP contribution < -0.4 is 14.9 Å². The molecule has 2 aromatic heterocycles. The highest BCUT2D eigenvalue weighted by atomic mass is 32.1. The van der Waals surface area contributed by atoms with E-state index in [9.17, 15) is 9.59 Å². The molecule has 2 aromatic carbocycles. The Bertz CT molecular complexity index is 1420. The van der Waals surface area contributed by atoms with Crippen LogP contribution in [-0.4, -0.2) is 65.9 Å². The van der Waals surface area contributed by atoms with Gasteiger partial charge >= 0.3 is 4.87 Å². The third-order valence-electron chi connectivity index (χ3n) is 6.42. The van der Waals surface area contributed by atoms with E-state index in [4.69, 9.17) is 14.5 Å². The number of amides is 1. The van der Waals surface area contributed by atoms with Crippen LogP contribution in [0.3, 0.4) is 0 Å². The number of aromatic nitrogens is 3. The zero-order valence-electron chi connectivity index (χ0n) is 21.2. The number of nitrogens with one attached hydrogen (secondary N) is 2. The number of nitrogens with zero attached hydrogens (tertiary/aromatic N) is 3. The lowest BCUT2D eigenvalue weighted by atomic mass is 10.0. The second-order valence-electron chi connectivity index (χ2n) is 9.17. The maximum Gasteiger partial charge on any atom is 0.322 e. The van der Waals surface area contributed by atoms with Gasteiger partial charge in [-0.25, -0.2) is 10.1 Å². The van der Waals surface area contributed by atoms with E-state index in [1.165, 1.54) is 0 Å². The van der Waals surface area contributed by atoms with Crippen molar-refractivity contribution in [1.29, 1.82) is 0 Å². The number of methoxy groups -OCH3 is 1. The van der Waals surface area contributed by atoms with Crippen molar-refractivity contribution in [1.82, 2.24) is 25.4 Å². The number of hydrogen-bond donors (Lipinski definition) is 2. The fourth-order valence-corrected chi connectivity index (χ4v) is 6.28. The highest BCUT2D eigenvalue weighted by molar-refractivity contribution is 7.15. The van der Waals surface area contributed by atoms with Crippen molar-refractivity contribution in [2.45, 2.75) is 25.0 Å². The first-order valence-corrected chi connectivity index (χ1v) is 13.9. The second kappa shape index (κ2) is 12.0. The van der Waals surface area contributed by atoms with Gasteiger partial charge in [-0.1, -0.05) is 41.7 Å². The summed E-state index contributed by atoms with van der Waals surface area (Å²) in [6.45, 7) is 2.40. The van der Waals surface area contributed by atoms with E-state index in [-0.39, 0.29) is 22.7 Å². The molecule has 0 radical (unpaired) electrons. The number of benzene rings is 2. The van der Waals surface area contributed by atoms with Crippen molar-refractivity contribution >= 4 is 28.6 Å². The molecule has 1 aliphatic heterocycles. The normalized spacial score (nSPS) is 17.5. The zero-order valence-corrected chi connectivity index (χ0v) is 22.8. The molecule has 0 saturated carbocycles. The van der Waals surface area contributed by atoms with Gasteiger partial charge in [0.1, 0.15) is 22.4 Å². The van der Waals surface area contributed by atoms with E-state index in [1.807, 2.05) is 25.2 Å². The van der Waals surface area contributed by atoms with Crippen LogP contribution in [-0.2, 0) is 17.8 Å². The van der Waals surface area contributed by atoms with Gasteiger partial charge in [0.2, 0.25) is 0 Å². The monoisotopic (exact) mass is 551 g/mol. The lowest BCUT2D eigenvalue weighted by Gasteiger charge is -2.18. The predicted molar refractivity (Wildman–Crippen MR) is 148 cm³/mol. The summed E-state index contributed by atoms with van der Waals surface area (Å²) >= 11 is 2.72. The number of likely N-dealkylation sites (tertiary alicyclic amines) is 1. The SMILES string of the molecule is COCCc1nc(-c2ccccc2)sc1COc1ccc(C(=O)N[C@@H]2CN(C)C[C@@H]2c2n[nH]c(=O)s2)cc1. The number of carbonyl (C=O) groups excluding carboxylic acids is 1. The molecule has 198 valence electrons. The molecule has 2 N–H and O–H groups in total. The van der Waals surface area contributed by atoms with Gasteiger partial charge in [0, 0.05) is 43.7 Å². The Kier molecular flexibility index (Phi) is 8.28. The third-order valence-corrected chi connectivity index (χ3v) is 8.42. The molecule has 4 aromatic rings. The summed E-state index contributed by atoms with van der Waals surface area (Å²) in [5.41, 5.74) is 2.60. The number of rotatable bonds is 10. The molecule has 2 atom stereocenters. The summed E-state index contributed by atoms with van der Waals surface area (Å²) in [5.74, 6) is 0.484. The number of aromatic amines is 1. The summed E-state index contributed by atoms with van der Waals surface area (Å²) in [5, 5.41) is 11.4. The van der Waals surface area contributed by atoms with Crippen LogP contribution in [0.1, 0.15) is 31.9 Å². The minimum atomic E-state index is -0.185. The summed E-state index contributed by atoms with van der Waals surface area (Å²) in [4.78, 5) is 32.4. The van der Waals surface area contributed by atoms with Gasteiger partial charge in [-0.05, 0) is 31.3 Å². The third kappa shape index (κ3) is 6.18. The van der Waals surface area contributed by atoms with Gasteiger partial charge < -0.3 is 19.7 Å². The Balaban J connectivity index is 1.22. The summed E-state index contributed by atoms with van der Waals surface area (Å²) < 4.78 is 11.3. The van der Waals surface area contributed by atoms with Crippen molar-refractivity contribution in [2.75, 3.05) is 33.9 Å². The first-order chi connectivity index (χ1) is 18.5. The molecule has 11 heteroatoms.